The molecule has 1 aliphatic rings. The van der Waals surface area contributed by atoms with Gasteiger partial charge in [-0.15, -0.1) is 16.4 Å². The average Bonchev–Trinajstić information content (AvgIpc) is 3.26. The summed E-state index contributed by atoms with van der Waals surface area (Å²) in [6.45, 7) is 0.0490. The van der Waals surface area contributed by atoms with Gasteiger partial charge in [0.1, 0.15) is 0 Å². The number of aromatic nitrogens is 3. The molecule has 1 fully saturated rings. The first-order valence-electron chi connectivity index (χ1n) is 9.04. The molecular formula is C19H17F3N4O2S. The lowest BCUT2D eigenvalue weighted by Crippen LogP contribution is -2.33. The lowest BCUT2D eigenvalue weighted by Gasteiger charge is -2.12. The van der Waals surface area contributed by atoms with Gasteiger partial charge in [0.15, 0.2) is 5.82 Å². The zero-order chi connectivity index (χ0) is 20.6. The van der Waals surface area contributed by atoms with E-state index in [-0.39, 0.29) is 24.8 Å². The van der Waals surface area contributed by atoms with Crippen LogP contribution in [0.1, 0.15) is 34.8 Å². The number of nitrogens with one attached hydrogen (secondary N) is 1. The Labute approximate surface area is 167 Å². The van der Waals surface area contributed by atoms with E-state index in [1.807, 2.05) is 17.5 Å². The Morgan fingerprint density at radius 1 is 1.21 bits per heavy atom. The van der Waals surface area contributed by atoms with Gasteiger partial charge in [0.25, 0.3) is 5.91 Å². The number of nitrogens with zero attached hydrogens (tertiary/aromatic N) is 3. The zero-order valence-corrected chi connectivity index (χ0v) is 16.0. The second-order valence-corrected chi connectivity index (χ2v) is 7.65. The van der Waals surface area contributed by atoms with Crippen LogP contribution in [-0.4, -0.2) is 26.8 Å². The molecule has 2 heterocycles. The van der Waals surface area contributed by atoms with Crippen LogP contribution in [0.25, 0.3) is 10.7 Å². The lowest BCUT2D eigenvalue weighted by molar-refractivity contribution is -0.137. The van der Waals surface area contributed by atoms with Gasteiger partial charge in [-0.25, -0.2) is 9.48 Å². The molecule has 1 aromatic carbocycles. The molecule has 0 spiro atoms. The summed E-state index contributed by atoms with van der Waals surface area (Å²) in [7, 11) is 0. The Bertz CT molecular complexity index is 1080. The van der Waals surface area contributed by atoms with Crippen LogP contribution in [0.4, 0.5) is 13.2 Å². The number of rotatable bonds is 6. The fourth-order valence-corrected chi connectivity index (χ4v) is 3.81. The Morgan fingerprint density at radius 2 is 1.97 bits per heavy atom. The first-order valence-corrected chi connectivity index (χ1v) is 9.92. The first-order chi connectivity index (χ1) is 13.9. The third kappa shape index (κ3) is 3.98. The summed E-state index contributed by atoms with van der Waals surface area (Å²) in [5.41, 5.74) is -1.72. The molecule has 29 heavy (non-hydrogen) atoms. The van der Waals surface area contributed by atoms with Crippen molar-refractivity contribution in [2.24, 2.45) is 0 Å². The molecule has 1 aliphatic carbocycles. The van der Waals surface area contributed by atoms with E-state index >= 15 is 0 Å². The van der Waals surface area contributed by atoms with Crippen molar-refractivity contribution in [2.75, 3.05) is 6.54 Å². The third-order valence-corrected chi connectivity index (χ3v) is 5.48. The van der Waals surface area contributed by atoms with E-state index in [1.165, 1.54) is 28.2 Å². The average molecular weight is 422 g/mol. The van der Waals surface area contributed by atoms with Crippen molar-refractivity contribution in [3.05, 3.63) is 63.4 Å². The predicted octanol–water partition coefficient (Wildman–Crippen LogP) is 3.56. The molecule has 0 aliphatic heterocycles. The van der Waals surface area contributed by atoms with Gasteiger partial charge in [-0.05, 0) is 36.4 Å². The maximum Gasteiger partial charge on any atom is 0.417 e. The number of hydrogen-bond donors (Lipinski definition) is 1. The molecule has 0 unspecified atom stereocenters. The monoisotopic (exact) mass is 422 g/mol. The minimum absolute atomic E-state index is 0.0174. The Hall–Kier alpha value is -2.88. The van der Waals surface area contributed by atoms with Crippen molar-refractivity contribution in [3.63, 3.8) is 0 Å². The van der Waals surface area contributed by atoms with Crippen molar-refractivity contribution in [2.45, 2.75) is 31.6 Å². The number of thiophene rings is 1. The van der Waals surface area contributed by atoms with Crippen LogP contribution in [0, 0.1) is 0 Å². The summed E-state index contributed by atoms with van der Waals surface area (Å²) in [5.74, 6) is -0.257. The number of alkyl halides is 3. The van der Waals surface area contributed by atoms with E-state index in [4.69, 9.17) is 0 Å². The quantitative estimate of drug-likeness (QED) is 0.661. The van der Waals surface area contributed by atoms with Gasteiger partial charge in [0, 0.05) is 12.6 Å². The zero-order valence-electron chi connectivity index (χ0n) is 15.1. The molecule has 152 valence electrons. The second kappa shape index (κ2) is 7.51. The van der Waals surface area contributed by atoms with E-state index in [1.54, 1.807) is 4.57 Å². The number of hydrogen-bond acceptors (Lipinski definition) is 4. The molecule has 0 atom stereocenters. The van der Waals surface area contributed by atoms with Crippen LogP contribution in [0.3, 0.4) is 0 Å². The van der Waals surface area contributed by atoms with Gasteiger partial charge >= 0.3 is 11.9 Å². The lowest BCUT2D eigenvalue weighted by atomic mass is 10.1. The first kappa shape index (κ1) is 19.4. The highest BCUT2D eigenvalue weighted by Gasteiger charge is 2.35. The fourth-order valence-electron chi connectivity index (χ4n) is 3.10. The molecule has 6 nitrogen and oxygen atoms in total. The molecule has 10 heteroatoms. The number of carbonyl (C=O) groups excluding carboxylic acids is 1. The molecule has 1 saturated carbocycles. The standard InChI is InChI=1S/C19H17F3N4O2S/c20-19(21,22)14-5-2-1-4-13(14)17(27)23-9-10-25-18(28)26(12-7-8-12)16(24-25)15-6-3-11-29-15/h1-6,11-12H,7-10H2,(H,23,27). The van der Waals surface area contributed by atoms with Crippen LogP contribution in [-0.2, 0) is 12.7 Å². The Kier molecular flexibility index (Phi) is 5.03. The minimum Gasteiger partial charge on any atom is -0.350 e. The number of amides is 1. The minimum atomic E-state index is -4.62. The van der Waals surface area contributed by atoms with Crippen LogP contribution < -0.4 is 11.0 Å². The molecule has 1 N–H and O–H groups in total. The Morgan fingerprint density at radius 3 is 2.62 bits per heavy atom. The molecule has 4 rings (SSSR count). The van der Waals surface area contributed by atoms with Crippen molar-refractivity contribution in [3.8, 4) is 10.7 Å². The van der Waals surface area contributed by atoms with Crippen molar-refractivity contribution in [1.82, 2.24) is 19.7 Å². The molecule has 1 amide bonds. The molecule has 0 bridgehead atoms. The summed E-state index contributed by atoms with van der Waals surface area (Å²) >= 11 is 1.48. The van der Waals surface area contributed by atoms with Crippen LogP contribution in [0.2, 0.25) is 0 Å². The SMILES string of the molecule is O=C(NCCn1nc(-c2cccs2)n(C2CC2)c1=O)c1ccccc1C(F)(F)F. The van der Waals surface area contributed by atoms with E-state index in [9.17, 15) is 22.8 Å². The fraction of sp³-hybridized carbons (Fsp3) is 0.316. The van der Waals surface area contributed by atoms with Gasteiger partial charge in [0.2, 0.25) is 0 Å². The van der Waals surface area contributed by atoms with Gasteiger partial charge in [0.05, 0.1) is 22.5 Å². The van der Waals surface area contributed by atoms with Gasteiger partial charge < -0.3 is 5.32 Å². The van der Waals surface area contributed by atoms with Gasteiger partial charge in [-0.2, -0.15) is 13.2 Å². The molecule has 0 saturated heterocycles. The summed E-state index contributed by atoms with van der Waals surface area (Å²) in [5, 5.41) is 8.73. The topological polar surface area (TPSA) is 68.9 Å². The van der Waals surface area contributed by atoms with E-state index in [0.29, 0.717) is 5.82 Å². The number of halogens is 3. The smallest absolute Gasteiger partial charge is 0.350 e. The van der Waals surface area contributed by atoms with Crippen molar-refractivity contribution < 1.29 is 18.0 Å². The van der Waals surface area contributed by atoms with E-state index < -0.39 is 23.2 Å². The number of benzene rings is 1. The highest BCUT2D eigenvalue weighted by molar-refractivity contribution is 7.13. The van der Waals surface area contributed by atoms with Gasteiger partial charge in [-0.3, -0.25) is 9.36 Å². The van der Waals surface area contributed by atoms with E-state index in [2.05, 4.69) is 10.4 Å². The largest absolute Gasteiger partial charge is 0.417 e. The summed E-state index contributed by atoms with van der Waals surface area (Å²) in [4.78, 5) is 25.8. The maximum absolute atomic E-state index is 13.1. The third-order valence-electron chi connectivity index (χ3n) is 4.61. The predicted molar refractivity (Wildman–Crippen MR) is 102 cm³/mol. The normalized spacial score (nSPS) is 14.2. The summed E-state index contributed by atoms with van der Waals surface area (Å²) < 4.78 is 42.1. The molecular weight excluding hydrogens is 405 g/mol. The number of carbonyl (C=O) groups is 1. The summed E-state index contributed by atoms with van der Waals surface area (Å²) in [6.07, 6.45) is -2.80. The highest BCUT2D eigenvalue weighted by Crippen LogP contribution is 2.37. The van der Waals surface area contributed by atoms with Gasteiger partial charge in [-0.1, -0.05) is 18.2 Å². The molecule has 2 aromatic heterocycles. The maximum atomic E-state index is 13.1. The van der Waals surface area contributed by atoms with Crippen molar-refractivity contribution >= 4 is 17.2 Å². The van der Waals surface area contributed by atoms with E-state index in [0.717, 1.165) is 29.9 Å². The molecule has 3 aromatic rings. The summed E-state index contributed by atoms with van der Waals surface area (Å²) in [6, 6.07) is 8.48. The second-order valence-electron chi connectivity index (χ2n) is 6.71. The van der Waals surface area contributed by atoms with Crippen LogP contribution in [0.15, 0.2) is 46.6 Å². The van der Waals surface area contributed by atoms with Crippen LogP contribution >= 0.6 is 11.3 Å². The Balaban J connectivity index is 1.49. The van der Waals surface area contributed by atoms with Crippen molar-refractivity contribution in [1.29, 1.82) is 0 Å². The van der Waals surface area contributed by atoms with Crippen LogP contribution in [0.5, 0.6) is 0 Å². The molecule has 0 radical (unpaired) electrons. The highest BCUT2D eigenvalue weighted by atomic mass is 32.1.